The quantitative estimate of drug-likeness (QED) is 0.260. The van der Waals surface area contributed by atoms with Gasteiger partial charge in [-0.1, -0.05) is 53.8 Å². The fraction of sp³-hybridized carbons (Fsp3) is 0.154. The Labute approximate surface area is 192 Å². The van der Waals surface area contributed by atoms with Gasteiger partial charge < -0.3 is 9.47 Å². The molecule has 0 spiro atoms. The molecule has 0 aliphatic carbocycles. The van der Waals surface area contributed by atoms with Crippen molar-refractivity contribution in [3.8, 4) is 33.2 Å². The minimum Gasteiger partial charge on any atom is -0.493 e. The van der Waals surface area contributed by atoms with E-state index in [0.717, 1.165) is 32.4 Å². The molecular formula is C26H25N3O2S. The number of hydrazone groups is 1. The molecule has 1 aromatic heterocycles. The number of ether oxygens (including phenoxy) is 2. The molecule has 0 amide bonds. The molecule has 0 radical (unpaired) electrons. The van der Waals surface area contributed by atoms with Crippen LogP contribution >= 0.6 is 11.3 Å². The number of rotatable bonds is 7. The SMILES string of the molecule is COc1ccc(/C=N\Nc2nc(-c3ccc(C)c(C)c3)c(-c3ccccc3)s2)cc1OC. The van der Waals surface area contributed by atoms with Crippen molar-refractivity contribution >= 4 is 22.7 Å². The number of methoxy groups -OCH3 is 2. The van der Waals surface area contributed by atoms with Crippen LogP contribution in [0.15, 0.2) is 71.8 Å². The lowest BCUT2D eigenvalue weighted by atomic mass is 10.0. The zero-order valence-electron chi connectivity index (χ0n) is 18.5. The van der Waals surface area contributed by atoms with E-state index in [2.05, 4.69) is 54.7 Å². The molecule has 0 saturated heterocycles. The highest BCUT2D eigenvalue weighted by molar-refractivity contribution is 7.19. The topological polar surface area (TPSA) is 55.7 Å². The predicted octanol–water partition coefficient (Wildman–Crippen LogP) is 6.56. The van der Waals surface area contributed by atoms with Crippen molar-refractivity contribution in [2.75, 3.05) is 19.6 Å². The maximum atomic E-state index is 5.36. The van der Waals surface area contributed by atoms with Gasteiger partial charge in [-0.25, -0.2) is 4.98 Å². The van der Waals surface area contributed by atoms with Gasteiger partial charge in [0.05, 0.1) is 31.0 Å². The largest absolute Gasteiger partial charge is 0.493 e. The molecule has 6 heteroatoms. The van der Waals surface area contributed by atoms with Gasteiger partial charge in [0.2, 0.25) is 5.13 Å². The summed E-state index contributed by atoms with van der Waals surface area (Å²) in [6.07, 6.45) is 1.74. The minimum absolute atomic E-state index is 0.661. The summed E-state index contributed by atoms with van der Waals surface area (Å²) in [5, 5.41) is 5.12. The molecular weight excluding hydrogens is 418 g/mol. The molecule has 0 atom stereocenters. The van der Waals surface area contributed by atoms with Gasteiger partial charge in [0.1, 0.15) is 0 Å². The summed E-state index contributed by atoms with van der Waals surface area (Å²) in [7, 11) is 3.24. The van der Waals surface area contributed by atoms with Gasteiger partial charge in [-0.3, -0.25) is 5.43 Å². The number of hydrogen-bond donors (Lipinski definition) is 1. The fourth-order valence-electron chi connectivity index (χ4n) is 3.33. The van der Waals surface area contributed by atoms with Crippen molar-refractivity contribution in [2.24, 2.45) is 5.10 Å². The van der Waals surface area contributed by atoms with E-state index in [0.29, 0.717) is 11.5 Å². The lowest BCUT2D eigenvalue weighted by molar-refractivity contribution is 0.355. The smallest absolute Gasteiger partial charge is 0.204 e. The molecule has 0 bridgehead atoms. The van der Waals surface area contributed by atoms with Gasteiger partial charge in [-0.2, -0.15) is 5.10 Å². The Hall–Kier alpha value is -3.64. The molecule has 3 aromatic carbocycles. The highest BCUT2D eigenvalue weighted by Crippen LogP contribution is 2.39. The molecule has 0 fully saturated rings. The van der Waals surface area contributed by atoms with Gasteiger partial charge in [0.25, 0.3) is 0 Å². The van der Waals surface area contributed by atoms with E-state index in [4.69, 9.17) is 14.5 Å². The first-order valence-corrected chi connectivity index (χ1v) is 11.1. The van der Waals surface area contributed by atoms with E-state index in [9.17, 15) is 0 Å². The van der Waals surface area contributed by atoms with Crippen molar-refractivity contribution in [2.45, 2.75) is 13.8 Å². The van der Waals surface area contributed by atoms with Crippen LogP contribution < -0.4 is 14.9 Å². The van der Waals surface area contributed by atoms with E-state index in [1.54, 1.807) is 31.8 Å². The van der Waals surface area contributed by atoms with Gasteiger partial charge in [0, 0.05) is 5.56 Å². The van der Waals surface area contributed by atoms with Crippen LogP contribution in [-0.2, 0) is 0 Å². The highest BCUT2D eigenvalue weighted by Gasteiger charge is 2.15. The Kier molecular flexibility index (Phi) is 6.52. The molecule has 4 aromatic rings. The summed E-state index contributed by atoms with van der Waals surface area (Å²) in [6, 6.07) is 22.4. The summed E-state index contributed by atoms with van der Waals surface area (Å²) in [5.41, 5.74) is 9.68. The molecule has 0 aliphatic rings. The minimum atomic E-state index is 0.661. The number of nitrogens with one attached hydrogen (secondary N) is 1. The average Bonchev–Trinajstić information content (AvgIpc) is 3.25. The molecule has 1 N–H and O–H groups in total. The Morgan fingerprint density at radius 1 is 0.844 bits per heavy atom. The van der Waals surface area contributed by atoms with Crippen molar-refractivity contribution in [3.05, 3.63) is 83.4 Å². The highest BCUT2D eigenvalue weighted by atomic mass is 32.1. The third kappa shape index (κ3) is 4.65. The van der Waals surface area contributed by atoms with Gasteiger partial charge in [-0.15, -0.1) is 0 Å². The van der Waals surface area contributed by atoms with Crippen LogP contribution in [0.4, 0.5) is 5.13 Å². The molecule has 4 rings (SSSR count). The van der Waals surface area contributed by atoms with Crippen molar-refractivity contribution in [1.82, 2.24) is 4.98 Å². The van der Waals surface area contributed by atoms with Gasteiger partial charge >= 0.3 is 0 Å². The van der Waals surface area contributed by atoms with Crippen LogP contribution in [0, 0.1) is 13.8 Å². The first kappa shape index (κ1) is 21.6. The predicted molar refractivity (Wildman–Crippen MR) is 133 cm³/mol. The zero-order chi connectivity index (χ0) is 22.5. The summed E-state index contributed by atoms with van der Waals surface area (Å²) in [6.45, 7) is 4.24. The first-order valence-electron chi connectivity index (χ1n) is 10.2. The second-order valence-corrected chi connectivity index (χ2v) is 8.35. The van der Waals surface area contributed by atoms with E-state index in [1.807, 2.05) is 36.4 Å². The number of thiazole rings is 1. The van der Waals surface area contributed by atoms with Crippen LogP contribution in [0.2, 0.25) is 0 Å². The van der Waals surface area contributed by atoms with E-state index in [-0.39, 0.29) is 0 Å². The first-order chi connectivity index (χ1) is 15.6. The zero-order valence-corrected chi connectivity index (χ0v) is 19.4. The lowest BCUT2D eigenvalue weighted by Crippen LogP contribution is -1.94. The van der Waals surface area contributed by atoms with Crippen molar-refractivity contribution in [3.63, 3.8) is 0 Å². The van der Waals surface area contributed by atoms with Crippen LogP contribution in [0.1, 0.15) is 16.7 Å². The van der Waals surface area contributed by atoms with Crippen LogP contribution in [0.25, 0.3) is 21.7 Å². The standard InChI is InChI=1S/C26H25N3O2S/c1-17-10-12-21(14-18(17)2)24-25(20-8-6-5-7-9-20)32-26(28-24)29-27-16-19-11-13-22(30-3)23(15-19)31-4/h5-16H,1-4H3,(H,28,29)/b27-16-. The second kappa shape index (κ2) is 9.66. The molecule has 162 valence electrons. The number of aryl methyl sites for hydroxylation is 2. The van der Waals surface area contributed by atoms with Crippen LogP contribution in [0.3, 0.4) is 0 Å². The summed E-state index contributed by atoms with van der Waals surface area (Å²) in [4.78, 5) is 5.98. The molecule has 0 unspecified atom stereocenters. The molecule has 1 heterocycles. The molecule has 0 saturated carbocycles. The summed E-state index contributed by atoms with van der Waals surface area (Å²) < 4.78 is 10.6. The number of benzene rings is 3. The second-order valence-electron chi connectivity index (χ2n) is 7.35. The number of aromatic nitrogens is 1. The molecule has 5 nitrogen and oxygen atoms in total. The maximum Gasteiger partial charge on any atom is 0.204 e. The van der Waals surface area contributed by atoms with E-state index < -0.39 is 0 Å². The van der Waals surface area contributed by atoms with Crippen LogP contribution in [0.5, 0.6) is 11.5 Å². The van der Waals surface area contributed by atoms with Gasteiger partial charge in [-0.05, 0) is 60.4 Å². The summed E-state index contributed by atoms with van der Waals surface area (Å²) >= 11 is 1.59. The Morgan fingerprint density at radius 3 is 2.34 bits per heavy atom. The molecule has 0 aliphatic heterocycles. The normalized spacial score (nSPS) is 11.0. The Morgan fingerprint density at radius 2 is 1.62 bits per heavy atom. The van der Waals surface area contributed by atoms with Crippen molar-refractivity contribution < 1.29 is 9.47 Å². The summed E-state index contributed by atoms with van der Waals surface area (Å²) in [5.74, 6) is 1.34. The number of nitrogens with zero attached hydrogens (tertiary/aromatic N) is 2. The van der Waals surface area contributed by atoms with Gasteiger partial charge in [0.15, 0.2) is 11.5 Å². The lowest BCUT2D eigenvalue weighted by Gasteiger charge is -2.07. The van der Waals surface area contributed by atoms with E-state index >= 15 is 0 Å². The Balaban J connectivity index is 1.64. The third-order valence-corrected chi connectivity index (χ3v) is 6.23. The van der Waals surface area contributed by atoms with E-state index in [1.165, 1.54) is 11.1 Å². The number of anilines is 1. The van der Waals surface area contributed by atoms with Crippen molar-refractivity contribution in [1.29, 1.82) is 0 Å². The monoisotopic (exact) mass is 443 g/mol. The fourth-order valence-corrected chi connectivity index (χ4v) is 4.28. The molecule has 32 heavy (non-hydrogen) atoms. The van der Waals surface area contributed by atoms with Crippen LogP contribution in [-0.4, -0.2) is 25.4 Å². The average molecular weight is 444 g/mol. The third-order valence-electron chi connectivity index (χ3n) is 5.22. The maximum absolute atomic E-state index is 5.36. The Bertz CT molecular complexity index is 1250. The number of hydrogen-bond acceptors (Lipinski definition) is 6.